The number of carbonyl (C=O) groups is 2. The van der Waals surface area contributed by atoms with E-state index in [0.717, 1.165) is 11.3 Å². The number of para-hydroxylation sites is 1. The molecule has 1 aromatic carbocycles. The van der Waals surface area contributed by atoms with Crippen molar-refractivity contribution in [2.24, 2.45) is 0 Å². The Morgan fingerprint density at radius 1 is 1.16 bits per heavy atom. The summed E-state index contributed by atoms with van der Waals surface area (Å²) in [7, 11) is 1.63. The molecule has 1 N–H and O–H groups in total. The van der Waals surface area contributed by atoms with Gasteiger partial charge in [-0.25, -0.2) is 0 Å². The quantitative estimate of drug-likeness (QED) is 0.855. The molecule has 2 rings (SSSR count). The lowest BCUT2D eigenvalue weighted by Gasteiger charge is -2.32. The number of aliphatic hydroxyl groups is 1. The first kappa shape index (κ1) is 13.5. The number of benzene rings is 1. The molecule has 0 aromatic heterocycles. The van der Waals surface area contributed by atoms with Gasteiger partial charge in [0.15, 0.2) is 0 Å². The maximum absolute atomic E-state index is 12.1. The van der Waals surface area contributed by atoms with Gasteiger partial charge < -0.3 is 14.9 Å². The zero-order valence-corrected chi connectivity index (χ0v) is 11.0. The second kappa shape index (κ2) is 5.84. The lowest BCUT2D eigenvalue weighted by molar-refractivity contribution is -0.136. The van der Waals surface area contributed by atoms with Crippen molar-refractivity contribution in [1.29, 1.82) is 0 Å². The van der Waals surface area contributed by atoms with Gasteiger partial charge in [0.05, 0.1) is 6.54 Å². The Morgan fingerprint density at radius 2 is 1.89 bits per heavy atom. The Morgan fingerprint density at radius 3 is 2.63 bits per heavy atom. The molecular weight excluding hydrogens is 244 g/mol. The molecule has 19 heavy (non-hydrogen) atoms. The fourth-order valence-electron chi connectivity index (χ4n) is 2.20. The summed E-state index contributed by atoms with van der Waals surface area (Å²) in [5.74, 6) is -0.130. The predicted octanol–water partition coefficient (Wildman–Crippen LogP) is 0.416. The van der Waals surface area contributed by atoms with E-state index in [1.54, 1.807) is 7.05 Å². The zero-order chi connectivity index (χ0) is 13.8. The summed E-state index contributed by atoms with van der Waals surface area (Å²) in [6, 6.07) is 7.54. The molecule has 0 radical (unpaired) electrons. The van der Waals surface area contributed by atoms with E-state index in [1.807, 2.05) is 24.3 Å². The number of anilines is 1. The Kier molecular flexibility index (Phi) is 4.16. The fraction of sp³-hybridized carbons (Fsp3) is 0.429. The van der Waals surface area contributed by atoms with Crippen LogP contribution in [0.25, 0.3) is 0 Å². The standard InChI is InChI=1S/C14H18N2O3/c1-15-9-14(19)16(10-13(15)18)12-7-3-2-5-11(12)6-4-8-17/h2-3,5,7,17H,4,6,8-10H2,1H3. The van der Waals surface area contributed by atoms with Crippen molar-refractivity contribution in [3.8, 4) is 0 Å². The summed E-state index contributed by atoms with van der Waals surface area (Å²) in [5, 5.41) is 8.92. The molecule has 0 saturated carbocycles. The molecule has 1 fully saturated rings. The van der Waals surface area contributed by atoms with Crippen LogP contribution in [0.3, 0.4) is 0 Å². The predicted molar refractivity (Wildman–Crippen MR) is 71.8 cm³/mol. The number of aryl methyl sites for hydroxylation is 1. The molecular formula is C14H18N2O3. The Hall–Kier alpha value is -1.88. The van der Waals surface area contributed by atoms with Crippen molar-refractivity contribution in [2.45, 2.75) is 12.8 Å². The van der Waals surface area contributed by atoms with Crippen LogP contribution in [0.1, 0.15) is 12.0 Å². The summed E-state index contributed by atoms with van der Waals surface area (Å²) in [6.07, 6.45) is 1.34. The number of rotatable bonds is 4. The number of nitrogens with zero attached hydrogens (tertiary/aromatic N) is 2. The van der Waals surface area contributed by atoms with E-state index in [1.165, 1.54) is 9.80 Å². The van der Waals surface area contributed by atoms with Crippen molar-refractivity contribution in [1.82, 2.24) is 4.90 Å². The summed E-state index contributed by atoms with van der Waals surface area (Å²) in [5.41, 5.74) is 1.77. The molecule has 0 bridgehead atoms. The third kappa shape index (κ3) is 2.93. The zero-order valence-electron chi connectivity index (χ0n) is 11.0. The van der Waals surface area contributed by atoms with E-state index < -0.39 is 0 Å². The van der Waals surface area contributed by atoms with Crippen molar-refractivity contribution >= 4 is 17.5 Å². The largest absolute Gasteiger partial charge is 0.396 e. The van der Waals surface area contributed by atoms with Crippen LogP contribution in [0.15, 0.2) is 24.3 Å². The number of aliphatic hydroxyl groups excluding tert-OH is 1. The Balaban J connectivity index is 2.25. The Bertz CT molecular complexity index is 487. The number of piperazine rings is 1. The molecule has 1 aliphatic heterocycles. The van der Waals surface area contributed by atoms with Crippen LogP contribution >= 0.6 is 0 Å². The number of carbonyl (C=O) groups excluding carboxylic acids is 2. The highest BCUT2D eigenvalue weighted by atomic mass is 16.3. The SMILES string of the molecule is CN1CC(=O)N(c2ccccc2CCCO)CC1=O. The lowest BCUT2D eigenvalue weighted by atomic mass is 10.1. The van der Waals surface area contributed by atoms with Gasteiger partial charge in [0, 0.05) is 19.3 Å². The fourth-order valence-corrected chi connectivity index (χ4v) is 2.20. The molecule has 2 amide bonds. The first-order valence-electron chi connectivity index (χ1n) is 6.36. The van der Waals surface area contributed by atoms with Crippen LogP contribution in [-0.2, 0) is 16.0 Å². The number of hydrogen-bond acceptors (Lipinski definition) is 3. The minimum absolute atomic E-state index is 0.0587. The summed E-state index contributed by atoms with van der Waals surface area (Å²) in [6.45, 7) is 0.322. The second-order valence-corrected chi connectivity index (χ2v) is 4.69. The average molecular weight is 262 g/mol. The molecule has 5 nitrogen and oxygen atoms in total. The molecule has 0 aliphatic carbocycles. The number of likely N-dealkylation sites (N-methyl/N-ethyl adjacent to an activating group) is 1. The molecule has 5 heteroatoms. The first-order valence-corrected chi connectivity index (χ1v) is 6.36. The van der Waals surface area contributed by atoms with E-state index in [9.17, 15) is 9.59 Å². The van der Waals surface area contributed by atoms with E-state index >= 15 is 0 Å². The normalized spacial score (nSPS) is 16.1. The van der Waals surface area contributed by atoms with Gasteiger partial charge in [0.1, 0.15) is 6.54 Å². The minimum Gasteiger partial charge on any atom is -0.396 e. The van der Waals surface area contributed by atoms with Crippen LogP contribution in [0.2, 0.25) is 0 Å². The molecule has 1 aliphatic rings. The molecule has 0 unspecified atom stereocenters. The second-order valence-electron chi connectivity index (χ2n) is 4.69. The highest BCUT2D eigenvalue weighted by Crippen LogP contribution is 2.23. The number of amides is 2. The van der Waals surface area contributed by atoms with Gasteiger partial charge in [-0.05, 0) is 24.5 Å². The van der Waals surface area contributed by atoms with E-state index in [0.29, 0.717) is 12.8 Å². The van der Waals surface area contributed by atoms with Crippen molar-refractivity contribution in [3.05, 3.63) is 29.8 Å². The highest BCUT2D eigenvalue weighted by Gasteiger charge is 2.29. The van der Waals surface area contributed by atoms with Crippen molar-refractivity contribution in [2.75, 3.05) is 31.6 Å². The smallest absolute Gasteiger partial charge is 0.247 e. The van der Waals surface area contributed by atoms with Gasteiger partial charge in [-0.1, -0.05) is 18.2 Å². The minimum atomic E-state index is -0.0708. The Labute approximate surface area is 112 Å². The van der Waals surface area contributed by atoms with Crippen molar-refractivity contribution in [3.63, 3.8) is 0 Å². The van der Waals surface area contributed by atoms with Gasteiger partial charge in [0.25, 0.3) is 0 Å². The highest BCUT2D eigenvalue weighted by molar-refractivity contribution is 6.04. The van der Waals surface area contributed by atoms with Gasteiger partial charge >= 0.3 is 0 Å². The van der Waals surface area contributed by atoms with E-state index in [-0.39, 0.29) is 31.5 Å². The van der Waals surface area contributed by atoms with Crippen LogP contribution in [0, 0.1) is 0 Å². The molecule has 1 heterocycles. The summed E-state index contributed by atoms with van der Waals surface area (Å²) in [4.78, 5) is 26.8. The lowest BCUT2D eigenvalue weighted by Crippen LogP contribution is -2.52. The summed E-state index contributed by atoms with van der Waals surface area (Å²) < 4.78 is 0. The first-order chi connectivity index (χ1) is 9.13. The molecule has 0 spiro atoms. The molecule has 102 valence electrons. The van der Waals surface area contributed by atoms with Crippen LogP contribution in [0.5, 0.6) is 0 Å². The van der Waals surface area contributed by atoms with Crippen LogP contribution in [0.4, 0.5) is 5.69 Å². The maximum atomic E-state index is 12.1. The maximum Gasteiger partial charge on any atom is 0.247 e. The molecule has 1 saturated heterocycles. The summed E-state index contributed by atoms with van der Waals surface area (Å²) >= 11 is 0. The monoisotopic (exact) mass is 262 g/mol. The molecule has 0 atom stereocenters. The van der Waals surface area contributed by atoms with Crippen molar-refractivity contribution < 1.29 is 14.7 Å². The van der Waals surface area contributed by atoms with E-state index in [4.69, 9.17) is 5.11 Å². The average Bonchev–Trinajstić information content (AvgIpc) is 2.41. The topological polar surface area (TPSA) is 60.9 Å². The molecule has 1 aromatic rings. The third-order valence-electron chi connectivity index (χ3n) is 3.28. The third-order valence-corrected chi connectivity index (χ3v) is 3.28. The van der Waals surface area contributed by atoms with Gasteiger partial charge in [-0.2, -0.15) is 0 Å². The number of hydrogen-bond donors (Lipinski definition) is 1. The van der Waals surface area contributed by atoms with Gasteiger partial charge in [-0.15, -0.1) is 0 Å². The van der Waals surface area contributed by atoms with Crippen LogP contribution in [-0.4, -0.2) is 48.6 Å². The van der Waals surface area contributed by atoms with E-state index in [2.05, 4.69) is 0 Å². The van der Waals surface area contributed by atoms with Crippen LogP contribution < -0.4 is 4.90 Å². The van der Waals surface area contributed by atoms with Gasteiger partial charge in [0.2, 0.25) is 11.8 Å². The van der Waals surface area contributed by atoms with Gasteiger partial charge in [-0.3, -0.25) is 9.59 Å².